The fourth-order valence-corrected chi connectivity index (χ4v) is 1.83. The van der Waals surface area contributed by atoms with E-state index >= 15 is 0 Å². The molecule has 0 saturated heterocycles. The van der Waals surface area contributed by atoms with Gasteiger partial charge in [0.1, 0.15) is 11.6 Å². The van der Waals surface area contributed by atoms with Gasteiger partial charge in [0, 0.05) is 13.1 Å². The van der Waals surface area contributed by atoms with Gasteiger partial charge in [0.25, 0.3) is 0 Å². The van der Waals surface area contributed by atoms with Gasteiger partial charge < -0.3 is 14.6 Å². The van der Waals surface area contributed by atoms with Crippen LogP contribution in [-0.4, -0.2) is 18.1 Å². The average Bonchev–Trinajstić information content (AvgIpc) is 2.92. The molecule has 0 saturated carbocycles. The molecule has 4 heteroatoms. The van der Waals surface area contributed by atoms with Crippen molar-refractivity contribution in [3.63, 3.8) is 0 Å². The molecule has 0 fully saturated rings. The third kappa shape index (κ3) is 3.03. The molecule has 18 heavy (non-hydrogen) atoms. The van der Waals surface area contributed by atoms with E-state index in [2.05, 4.69) is 29.0 Å². The number of hydrogen-bond acceptors (Lipinski definition) is 4. The van der Waals surface area contributed by atoms with E-state index in [1.807, 2.05) is 30.5 Å². The zero-order chi connectivity index (χ0) is 12.8. The first-order valence-corrected chi connectivity index (χ1v) is 6.30. The molecular weight excluding hydrogens is 226 g/mol. The maximum Gasteiger partial charge on any atom is 0.128 e. The summed E-state index contributed by atoms with van der Waals surface area (Å²) in [6.45, 7) is 6.90. The largest absolute Gasteiger partial charge is 0.467 e. The summed E-state index contributed by atoms with van der Waals surface area (Å²) in [6.07, 6.45) is 3.54. The van der Waals surface area contributed by atoms with Crippen molar-refractivity contribution in [2.75, 3.05) is 23.3 Å². The van der Waals surface area contributed by atoms with Gasteiger partial charge in [-0.2, -0.15) is 0 Å². The maximum atomic E-state index is 5.26. The molecule has 0 aliphatic carbocycles. The van der Waals surface area contributed by atoms with Crippen molar-refractivity contribution in [1.29, 1.82) is 0 Å². The van der Waals surface area contributed by atoms with Crippen LogP contribution in [-0.2, 0) is 6.54 Å². The summed E-state index contributed by atoms with van der Waals surface area (Å²) >= 11 is 0. The Morgan fingerprint density at radius 2 is 2.06 bits per heavy atom. The van der Waals surface area contributed by atoms with Crippen LogP contribution in [0.4, 0.5) is 11.5 Å². The van der Waals surface area contributed by atoms with Gasteiger partial charge in [0.05, 0.1) is 24.7 Å². The second kappa shape index (κ2) is 6.10. The van der Waals surface area contributed by atoms with Crippen LogP contribution in [0.1, 0.15) is 19.6 Å². The highest BCUT2D eigenvalue weighted by Crippen LogP contribution is 2.14. The van der Waals surface area contributed by atoms with Gasteiger partial charge >= 0.3 is 0 Å². The second-order valence-electron chi connectivity index (χ2n) is 4.01. The lowest BCUT2D eigenvalue weighted by molar-refractivity contribution is 0.518. The highest BCUT2D eigenvalue weighted by atomic mass is 16.3. The molecule has 0 radical (unpaired) electrons. The lowest BCUT2D eigenvalue weighted by Crippen LogP contribution is -2.22. The van der Waals surface area contributed by atoms with E-state index in [9.17, 15) is 0 Å². The Hall–Kier alpha value is -1.97. The van der Waals surface area contributed by atoms with E-state index in [1.165, 1.54) is 0 Å². The van der Waals surface area contributed by atoms with Crippen LogP contribution >= 0.6 is 0 Å². The predicted octanol–water partition coefficient (Wildman–Crippen LogP) is 3.13. The standard InChI is InChI=1S/C14H19N3O/c1-3-17(4-2)14-8-7-12(10-16-14)15-11-13-6-5-9-18-13/h5-10,15H,3-4,11H2,1-2H3. The molecule has 2 heterocycles. The molecule has 0 aromatic carbocycles. The Morgan fingerprint density at radius 1 is 1.22 bits per heavy atom. The Labute approximate surface area is 108 Å². The van der Waals surface area contributed by atoms with Crippen LogP contribution in [0, 0.1) is 0 Å². The summed E-state index contributed by atoms with van der Waals surface area (Å²) < 4.78 is 5.26. The van der Waals surface area contributed by atoms with Crippen molar-refractivity contribution >= 4 is 11.5 Å². The molecule has 0 spiro atoms. The highest BCUT2D eigenvalue weighted by Gasteiger charge is 2.03. The first kappa shape index (κ1) is 12.5. The first-order chi connectivity index (χ1) is 8.83. The van der Waals surface area contributed by atoms with Crippen LogP contribution in [0.25, 0.3) is 0 Å². The first-order valence-electron chi connectivity index (χ1n) is 6.30. The SMILES string of the molecule is CCN(CC)c1ccc(NCc2ccco2)cn1. The smallest absolute Gasteiger partial charge is 0.128 e. The van der Waals surface area contributed by atoms with Gasteiger partial charge in [0.2, 0.25) is 0 Å². The van der Waals surface area contributed by atoms with E-state index in [0.717, 1.165) is 30.4 Å². The third-order valence-corrected chi connectivity index (χ3v) is 2.88. The van der Waals surface area contributed by atoms with E-state index < -0.39 is 0 Å². The van der Waals surface area contributed by atoms with Crippen molar-refractivity contribution in [2.24, 2.45) is 0 Å². The van der Waals surface area contributed by atoms with Gasteiger partial charge in [-0.15, -0.1) is 0 Å². The molecule has 0 aliphatic heterocycles. The maximum absolute atomic E-state index is 5.26. The number of anilines is 2. The topological polar surface area (TPSA) is 41.3 Å². The van der Waals surface area contributed by atoms with Crippen molar-refractivity contribution in [2.45, 2.75) is 20.4 Å². The Balaban J connectivity index is 1.95. The molecule has 4 nitrogen and oxygen atoms in total. The summed E-state index contributed by atoms with van der Waals surface area (Å²) in [6, 6.07) is 7.92. The Kier molecular flexibility index (Phi) is 4.23. The molecule has 0 bridgehead atoms. The molecule has 0 unspecified atom stereocenters. The molecule has 96 valence electrons. The molecule has 0 amide bonds. The molecule has 2 rings (SSSR count). The monoisotopic (exact) mass is 245 g/mol. The number of rotatable bonds is 6. The van der Waals surface area contributed by atoms with Crippen LogP contribution < -0.4 is 10.2 Å². The molecule has 2 aromatic heterocycles. The Morgan fingerprint density at radius 3 is 2.61 bits per heavy atom. The summed E-state index contributed by atoms with van der Waals surface area (Å²) in [5.41, 5.74) is 1.00. The Bertz CT molecular complexity index is 446. The average molecular weight is 245 g/mol. The van der Waals surface area contributed by atoms with Gasteiger partial charge in [-0.05, 0) is 38.1 Å². The van der Waals surface area contributed by atoms with Crippen molar-refractivity contribution in [3.05, 3.63) is 42.5 Å². The normalized spacial score (nSPS) is 10.3. The van der Waals surface area contributed by atoms with Crippen molar-refractivity contribution in [1.82, 2.24) is 4.98 Å². The van der Waals surface area contributed by atoms with Crippen LogP contribution in [0.2, 0.25) is 0 Å². The number of aromatic nitrogens is 1. The minimum Gasteiger partial charge on any atom is -0.467 e. The van der Waals surface area contributed by atoms with E-state index in [1.54, 1.807) is 6.26 Å². The predicted molar refractivity (Wildman–Crippen MR) is 73.8 cm³/mol. The van der Waals surface area contributed by atoms with E-state index in [0.29, 0.717) is 6.54 Å². The summed E-state index contributed by atoms with van der Waals surface area (Å²) in [5, 5.41) is 3.27. The molecule has 2 aromatic rings. The summed E-state index contributed by atoms with van der Waals surface area (Å²) in [7, 11) is 0. The molecule has 0 aliphatic rings. The zero-order valence-electron chi connectivity index (χ0n) is 10.9. The lowest BCUT2D eigenvalue weighted by Gasteiger charge is -2.19. The highest BCUT2D eigenvalue weighted by molar-refractivity contribution is 5.48. The van der Waals surface area contributed by atoms with Crippen LogP contribution in [0.3, 0.4) is 0 Å². The van der Waals surface area contributed by atoms with Crippen LogP contribution in [0.15, 0.2) is 41.1 Å². The lowest BCUT2D eigenvalue weighted by atomic mass is 10.3. The number of nitrogens with zero attached hydrogens (tertiary/aromatic N) is 2. The minimum absolute atomic E-state index is 0.680. The molecule has 0 atom stereocenters. The second-order valence-corrected chi connectivity index (χ2v) is 4.01. The summed E-state index contributed by atoms with van der Waals surface area (Å²) in [5.74, 6) is 1.94. The number of nitrogens with one attached hydrogen (secondary N) is 1. The van der Waals surface area contributed by atoms with Gasteiger partial charge in [-0.3, -0.25) is 0 Å². The van der Waals surface area contributed by atoms with Gasteiger partial charge in [0.15, 0.2) is 0 Å². The van der Waals surface area contributed by atoms with E-state index in [-0.39, 0.29) is 0 Å². The number of hydrogen-bond donors (Lipinski definition) is 1. The van der Waals surface area contributed by atoms with Crippen LogP contribution in [0.5, 0.6) is 0 Å². The minimum atomic E-state index is 0.680. The number of pyridine rings is 1. The van der Waals surface area contributed by atoms with Crippen molar-refractivity contribution in [3.8, 4) is 0 Å². The quantitative estimate of drug-likeness (QED) is 0.849. The molecule has 1 N–H and O–H groups in total. The fraction of sp³-hybridized carbons (Fsp3) is 0.357. The van der Waals surface area contributed by atoms with Crippen molar-refractivity contribution < 1.29 is 4.42 Å². The third-order valence-electron chi connectivity index (χ3n) is 2.88. The fourth-order valence-electron chi connectivity index (χ4n) is 1.83. The van der Waals surface area contributed by atoms with Gasteiger partial charge in [-0.25, -0.2) is 4.98 Å². The van der Waals surface area contributed by atoms with Gasteiger partial charge in [-0.1, -0.05) is 0 Å². The number of furan rings is 1. The summed E-state index contributed by atoms with van der Waals surface area (Å²) in [4.78, 5) is 6.67. The molecular formula is C14H19N3O. The zero-order valence-corrected chi connectivity index (χ0v) is 10.9. The van der Waals surface area contributed by atoms with E-state index in [4.69, 9.17) is 4.42 Å².